The number of aromatic carboxylic acids is 1. The summed E-state index contributed by atoms with van der Waals surface area (Å²) in [4.78, 5) is 13.9. The van der Waals surface area contributed by atoms with Crippen LogP contribution in [0.2, 0.25) is 0 Å². The van der Waals surface area contributed by atoms with Gasteiger partial charge in [-0.3, -0.25) is 0 Å². The highest BCUT2D eigenvalue weighted by atomic mass is 16.4. The summed E-state index contributed by atoms with van der Waals surface area (Å²) in [6.45, 7) is 3.00. The zero-order valence-electron chi connectivity index (χ0n) is 16.6. The fourth-order valence-corrected chi connectivity index (χ4v) is 3.75. The third-order valence-electron chi connectivity index (χ3n) is 5.21. The highest BCUT2D eigenvalue weighted by Crippen LogP contribution is 2.34. The summed E-state index contributed by atoms with van der Waals surface area (Å²) in [5, 5.41) is 14.0. The molecule has 0 N–H and O–H groups in total. The molecule has 0 radical (unpaired) electrons. The molecule has 0 bridgehead atoms. The zero-order chi connectivity index (χ0) is 19.8. The van der Waals surface area contributed by atoms with Crippen molar-refractivity contribution in [3.63, 3.8) is 0 Å². The second kappa shape index (κ2) is 9.93. The molecule has 3 nitrogen and oxygen atoms in total. The first-order valence-electron chi connectivity index (χ1n) is 10.3. The molecule has 3 rings (SSSR count). The van der Waals surface area contributed by atoms with E-state index >= 15 is 0 Å². The number of hydrogen-bond donors (Lipinski definition) is 0. The number of fused-ring (bicyclic) bond motifs is 1. The molecule has 0 saturated carbocycles. The molecular formula is C25H28NO2-. The number of rotatable bonds is 10. The van der Waals surface area contributed by atoms with Gasteiger partial charge in [-0.05, 0) is 23.9 Å². The fourth-order valence-electron chi connectivity index (χ4n) is 3.75. The average Bonchev–Trinajstić information content (AvgIpc) is 2.73. The Morgan fingerprint density at radius 3 is 2.25 bits per heavy atom. The van der Waals surface area contributed by atoms with E-state index in [1.54, 1.807) is 12.1 Å². The number of unbranched alkanes of at least 4 members (excludes halogenated alkanes) is 5. The number of nitrogens with zero attached hydrogens (tertiary/aromatic N) is 1. The summed E-state index contributed by atoms with van der Waals surface area (Å²) in [6.07, 6.45) is 7.17. The second-order valence-electron chi connectivity index (χ2n) is 7.22. The topological polar surface area (TPSA) is 43.4 Å². The summed E-state index contributed by atoms with van der Waals surface area (Å²) in [6, 6.07) is 21.6. The Morgan fingerprint density at radius 2 is 1.43 bits per heavy atom. The van der Waals surface area contributed by atoms with Crippen molar-refractivity contribution >= 4 is 28.1 Å². The molecule has 0 aliphatic heterocycles. The molecule has 28 heavy (non-hydrogen) atoms. The molecule has 3 aromatic rings. The molecule has 0 spiro atoms. The Kier molecular flexibility index (Phi) is 7.07. The van der Waals surface area contributed by atoms with Crippen LogP contribution in [0.5, 0.6) is 0 Å². The van der Waals surface area contributed by atoms with Gasteiger partial charge in [-0.25, -0.2) is 0 Å². The molecule has 3 heteroatoms. The molecule has 0 atom stereocenters. The summed E-state index contributed by atoms with van der Waals surface area (Å²) in [7, 11) is 0. The van der Waals surface area contributed by atoms with Gasteiger partial charge >= 0.3 is 0 Å². The minimum absolute atomic E-state index is 0.237. The van der Waals surface area contributed by atoms with Crippen LogP contribution in [0.15, 0.2) is 66.7 Å². The lowest BCUT2D eigenvalue weighted by molar-refractivity contribution is -0.254. The van der Waals surface area contributed by atoms with Crippen molar-refractivity contribution in [1.82, 2.24) is 0 Å². The first-order valence-corrected chi connectivity index (χ1v) is 10.3. The number of anilines is 2. The highest BCUT2D eigenvalue weighted by molar-refractivity contribution is 5.99. The van der Waals surface area contributed by atoms with Gasteiger partial charge in [0.25, 0.3) is 0 Å². The predicted molar refractivity (Wildman–Crippen MR) is 115 cm³/mol. The van der Waals surface area contributed by atoms with Crippen LogP contribution in [-0.4, -0.2) is 12.5 Å². The SMILES string of the molecule is CCCCCCCCN(c1ccccc1C(=O)[O-])c1cccc2ccccc12. The molecular weight excluding hydrogens is 346 g/mol. The molecule has 3 aromatic carbocycles. The summed E-state index contributed by atoms with van der Waals surface area (Å²) in [5.41, 5.74) is 1.98. The van der Waals surface area contributed by atoms with Crippen molar-refractivity contribution in [1.29, 1.82) is 0 Å². The van der Waals surface area contributed by atoms with E-state index in [2.05, 4.69) is 36.1 Å². The number of carboxylic acid groups (broad SMARTS) is 1. The maximum atomic E-state index is 11.7. The Bertz CT molecular complexity index is 914. The molecule has 0 heterocycles. The Balaban J connectivity index is 1.94. The predicted octanol–water partition coefficient (Wildman–Crippen LogP) is 5.70. The second-order valence-corrected chi connectivity index (χ2v) is 7.22. The van der Waals surface area contributed by atoms with Gasteiger partial charge in [0.1, 0.15) is 0 Å². The van der Waals surface area contributed by atoms with Crippen LogP contribution in [0.4, 0.5) is 11.4 Å². The number of carboxylic acids is 1. The van der Waals surface area contributed by atoms with Gasteiger partial charge in [0.2, 0.25) is 0 Å². The van der Waals surface area contributed by atoms with Gasteiger partial charge in [0.05, 0.1) is 11.7 Å². The molecule has 0 aliphatic rings. The van der Waals surface area contributed by atoms with E-state index in [1.165, 1.54) is 25.7 Å². The molecule has 0 aromatic heterocycles. The fraction of sp³-hybridized carbons (Fsp3) is 0.320. The van der Waals surface area contributed by atoms with Crippen LogP contribution in [0, 0.1) is 0 Å². The summed E-state index contributed by atoms with van der Waals surface area (Å²) >= 11 is 0. The van der Waals surface area contributed by atoms with Crippen LogP contribution in [0.25, 0.3) is 10.8 Å². The van der Waals surface area contributed by atoms with E-state index in [4.69, 9.17) is 0 Å². The van der Waals surface area contributed by atoms with E-state index in [9.17, 15) is 9.90 Å². The van der Waals surface area contributed by atoms with Crippen molar-refractivity contribution in [3.05, 3.63) is 72.3 Å². The lowest BCUT2D eigenvalue weighted by atomic mass is 10.0. The van der Waals surface area contributed by atoms with Crippen LogP contribution in [0.1, 0.15) is 55.8 Å². The number of carbonyl (C=O) groups excluding carboxylic acids is 1. The van der Waals surface area contributed by atoms with Gasteiger partial charge in [-0.15, -0.1) is 0 Å². The van der Waals surface area contributed by atoms with Gasteiger partial charge in [0.15, 0.2) is 0 Å². The summed E-state index contributed by atoms with van der Waals surface area (Å²) < 4.78 is 0. The van der Waals surface area contributed by atoms with E-state index in [0.717, 1.165) is 35.8 Å². The van der Waals surface area contributed by atoms with Gasteiger partial charge in [-0.2, -0.15) is 0 Å². The van der Waals surface area contributed by atoms with Gasteiger partial charge in [-0.1, -0.05) is 93.6 Å². The van der Waals surface area contributed by atoms with Crippen molar-refractivity contribution < 1.29 is 9.90 Å². The third-order valence-corrected chi connectivity index (χ3v) is 5.21. The van der Waals surface area contributed by atoms with Gasteiger partial charge < -0.3 is 14.8 Å². The van der Waals surface area contributed by atoms with E-state index < -0.39 is 5.97 Å². The zero-order valence-corrected chi connectivity index (χ0v) is 16.6. The lowest BCUT2D eigenvalue weighted by Gasteiger charge is -2.29. The molecule has 0 unspecified atom stereocenters. The molecule has 0 saturated heterocycles. The monoisotopic (exact) mass is 374 g/mol. The molecule has 0 amide bonds. The first-order chi connectivity index (χ1) is 13.7. The molecule has 0 aliphatic carbocycles. The third kappa shape index (κ3) is 4.72. The van der Waals surface area contributed by atoms with E-state index in [-0.39, 0.29) is 5.56 Å². The standard InChI is InChI=1S/C25H29NO2/c1-2-3-4-5-6-11-19-26(24-17-10-9-16-22(24)25(27)28)23-18-12-14-20-13-7-8-15-21(20)23/h7-10,12-18H,2-6,11,19H2,1H3,(H,27,28)/p-1. The maximum absolute atomic E-state index is 11.7. The van der Waals surface area contributed by atoms with Gasteiger partial charge in [0, 0.05) is 23.2 Å². The van der Waals surface area contributed by atoms with E-state index in [0.29, 0.717) is 5.69 Å². The normalized spacial score (nSPS) is 10.9. The van der Waals surface area contributed by atoms with Crippen LogP contribution < -0.4 is 10.0 Å². The van der Waals surface area contributed by atoms with Crippen LogP contribution in [0.3, 0.4) is 0 Å². The minimum Gasteiger partial charge on any atom is -0.545 e. The van der Waals surface area contributed by atoms with Crippen LogP contribution >= 0.6 is 0 Å². The minimum atomic E-state index is -1.14. The Hall–Kier alpha value is -2.81. The van der Waals surface area contributed by atoms with Crippen molar-refractivity contribution in [2.45, 2.75) is 45.4 Å². The lowest BCUT2D eigenvalue weighted by Crippen LogP contribution is -2.27. The highest BCUT2D eigenvalue weighted by Gasteiger charge is 2.15. The largest absolute Gasteiger partial charge is 0.545 e. The van der Waals surface area contributed by atoms with Crippen molar-refractivity contribution in [2.24, 2.45) is 0 Å². The van der Waals surface area contributed by atoms with Crippen molar-refractivity contribution in [2.75, 3.05) is 11.4 Å². The molecule has 146 valence electrons. The van der Waals surface area contributed by atoms with E-state index in [1.807, 2.05) is 30.3 Å². The Labute approximate surface area is 167 Å². The first kappa shape index (κ1) is 19.9. The number of hydrogen-bond acceptors (Lipinski definition) is 3. The van der Waals surface area contributed by atoms with Crippen molar-refractivity contribution in [3.8, 4) is 0 Å². The number of benzene rings is 3. The maximum Gasteiger partial charge on any atom is 0.0736 e. The molecule has 0 fully saturated rings. The average molecular weight is 375 g/mol. The number of carbonyl (C=O) groups is 1. The smallest absolute Gasteiger partial charge is 0.0736 e. The quantitative estimate of drug-likeness (QED) is 0.427. The number of para-hydroxylation sites is 1. The summed E-state index contributed by atoms with van der Waals surface area (Å²) in [5.74, 6) is -1.14. The Morgan fingerprint density at radius 1 is 0.786 bits per heavy atom. The van der Waals surface area contributed by atoms with Crippen LogP contribution in [-0.2, 0) is 0 Å².